The van der Waals surface area contributed by atoms with E-state index in [0.717, 1.165) is 68.7 Å². The Morgan fingerprint density at radius 1 is 0.761 bits per heavy atom. The summed E-state index contributed by atoms with van der Waals surface area (Å²) < 4.78 is 25.0. The quantitative estimate of drug-likeness (QED) is 0.181. The van der Waals surface area contributed by atoms with Gasteiger partial charge in [0.15, 0.2) is 0 Å². The Labute approximate surface area is 268 Å². The molecule has 0 N–H and O–H groups in total. The van der Waals surface area contributed by atoms with Crippen molar-refractivity contribution in [1.82, 2.24) is 19.3 Å². The van der Waals surface area contributed by atoms with Gasteiger partial charge in [0.25, 0.3) is 0 Å². The molecule has 4 aromatic carbocycles. The maximum Gasteiger partial charge on any atom is 0.137 e. The Morgan fingerprint density at radius 3 is 2.37 bits per heavy atom. The molecule has 0 fully saturated rings. The van der Waals surface area contributed by atoms with Gasteiger partial charge in [0, 0.05) is 40.4 Å². The molecule has 46 heavy (non-hydrogen) atoms. The highest BCUT2D eigenvalue weighted by molar-refractivity contribution is 6.09. The van der Waals surface area contributed by atoms with Crippen LogP contribution in [0.2, 0.25) is 0 Å². The molecule has 230 valence electrons. The van der Waals surface area contributed by atoms with E-state index < -0.39 is 0 Å². The molecule has 0 aliphatic carbocycles. The SMILES string of the molecule is Cc1nn(-c2cccc(Oc3ccc4c5cc(F)ccc5n(-c5cc(CCC(C)(C)C)ccn5)c4c3)c2)c(C)c1-c1ccccc1. The van der Waals surface area contributed by atoms with E-state index in [1.54, 1.807) is 6.07 Å². The van der Waals surface area contributed by atoms with Crippen molar-refractivity contribution in [2.24, 2.45) is 5.41 Å². The van der Waals surface area contributed by atoms with Crippen LogP contribution in [0.1, 0.15) is 44.1 Å². The first-order valence-electron chi connectivity index (χ1n) is 15.7. The van der Waals surface area contributed by atoms with E-state index in [2.05, 4.69) is 56.5 Å². The molecule has 7 aromatic rings. The second-order valence-corrected chi connectivity index (χ2v) is 13.2. The Balaban J connectivity index is 1.27. The van der Waals surface area contributed by atoms with Crippen molar-refractivity contribution in [3.05, 3.63) is 132 Å². The molecule has 0 saturated heterocycles. The molecule has 5 nitrogen and oxygen atoms in total. The van der Waals surface area contributed by atoms with E-state index in [0.29, 0.717) is 11.5 Å². The van der Waals surface area contributed by atoms with Gasteiger partial charge in [-0.05, 0) is 97.8 Å². The average molecular weight is 609 g/mol. The maximum absolute atomic E-state index is 14.5. The molecule has 0 atom stereocenters. The van der Waals surface area contributed by atoms with Gasteiger partial charge in [-0.1, -0.05) is 57.2 Å². The number of halogens is 1. The van der Waals surface area contributed by atoms with Crippen LogP contribution in [-0.2, 0) is 6.42 Å². The summed E-state index contributed by atoms with van der Waals surface area (Å²) >= 11 is 0. The molecular formula is C40H37FN4O. The summed E-state index contributed by atoms with van der Waals surface area (Å²) in [6, 6.07) is 33.4. The second kappa shape index (κ2) is 11.6. The lowest BCUT2D eigenvalue weighted by molar-refractivity contribution is 0.378. The van der Waals surface area contributed by atoms with Crippen molar-refractivity contribution in [3.8, 4) is 34.1 Å². The first kappa shape index (κ1) is 29.5. The maximum atomic E-state index is 14.5. The van der Waals surface area contributed by atoms with Gasteiger partial charge in [-0.25, -0.2) is 14.1 Å². The average Bonchev–Trinajstić information content (AvgIpc) is 3.52. The van der Waals surface area contributed by atoms with Gasteiger partial charge in [0.05, 0.1) is 22.4 Å². The molecule has 0 unspecified atom stereocenters. The third kappa shape index (κ3) is 5.67. The number of benzene rings is 4. The van der Waals surface area contributed by atoms with Gasteiger partial charge >= 0.3 is 0 Å². The van der Waals surface area contributed by atoms with Gasteiger partial charge in [-0.15, -0.1) is 0 Å². The van der Waals surface area contributed by atoms with E-state index in [1.807, 2.05) is 84.5 Å². The summed E-state index contributed by atoms with van der Waals surface area (Å²) in [7, 11) is 0. The number of ether oxygens (including phenoxy) is 1. The molecule has 6 heteroatoms. The van der Waals surface area contributed by atoms with Crippen LogP contribution in [0, 0.1) is 25.1 Å². The van der Waals surface area contributed by atoms with E-state index in [9.17, 15) is 4.39 Å². The van der Waals surface area contributed by atoms with Gasteiger partial charge in [0.1, 0.15) is 23.1 Å². The van der Waals surface area contributed by atoms with Gasteiger partial charge in [-0.2, -0.15) is 5.10 Å². The van der Waals surface area contributed by atoms with Crippen LogP contribution in [-0.4, -0.2) is 19.3 Å². The standard InChI is InChI=1S/C40H37FN4O/c1-26-39(29-10-7-6-8-11-29)27(2)45(43-26)31-12-9-13-32(24-31)46-33-15-16-34-35-23-30(41)14-17-36(35)44(37(34)25-33)38-22-28(19-21-42-38)18-20-40(3,4)5/h6-17,19,21-25H,18,20H2,1-5H3. The van der Waals surface area contributed by atoms with Crippen LogP contribution >= 0.6 is 0 Å². The van der Waals surface area contributed by atoms with Crippen molar-refractivity contribution in [2.75, 3.05) is 0 Å². The number of fused-ring (bicyclic) bond motifs is 3. The summed E-state index contributed by atoms with van der Waals surface area (Å²) in [4.78, 5) is 4.77. The molecule has 0 aliphatic heterocycles. The lowest BCUT2D eigenvalue weighted by Crippen LogP contribution is -2.07. The van der Waals surface area contributed by atoms with Crippen molar-refractivity contribution >= 4 is 21.8 Å². The number of aromatic nitrogens is 4. The fourth-order valence-electron chi connectivity index (χ4n) is 6.27. The van der Waals surface area contributed by atoms with Crippen LogP contribution in [0.5, 0.6) is 11.5 Å². The molecule has 0 amide bonds. The highest BCUT2D eigenvalue weighted by Crippen LogP contribution is 2.36. The van der Waals surface area contributed by atoms with Crippen LogP contribution in [0.25, 0.3) is 44.4 Å². The number of rotatable bonds is 7. The molecule has 7 rings (SSSR count). The number of pyridine rings is 1. The minimum Gasteiger partial charge on any atom is -0.457 e. The van der Waals surface area contributed by atoms with Crippen LogP contribution in [0.4, 0.5) is 4.39 Å². The van der Waals surface area contributed by atoms with Crippen LogP contribution in [0.15, 0.2) is 109 Å². The highest BCUT2D eigenvalue weighted by atomic mass is 19.1. The van der Waals surface area contributed by atoms with Gasteiger partial charge < -0.3 is 4.74 Å². The van der Waals surface area contributed by atoms with E-state index in [4.69, 9.17) is 14.8 Å². The number of nitrogens with zero attached hydrogens (tertiary/aromatic N) is 4. The minimum atomic E-state index is -0.268. The topological polar surface area (TPSA) is 44.9 Å². The summed E-state index contributed by atoms with van der Waals surface area (Å²) in [5.41, 5.74) is 8.50. The molecule has 3 aromatic heterocycles. The van der Waals surface area contributed by atoms with E-state index in [-0.39, 0.29) is 11.2 Å². The van der Waals surface area contributed by atoms with Crippen LogP contribution < -0.4 is 4.74 Å². The molecule has 0 radical (unpaired) electrons. The minimum absolute atomic E-state index is 0.233. The Morgan fingerprint density at radius 2 is 1.57 bits per heavy atom. The Hall–Kier alpha value is -5.23. The normalized spacial score (nSPS) is 11.9. The lowest BCUT2D eigenvalue weighted by atomic mass is 9.89. The predicted molar refractivity (Wildman–Crippen MR) is 185 cm³/mol. The highest BCUT2D eigenvalue weighted by Gasteiger charge is 2.18. The number of aryl methyl sites for hydroxylation is 2. The second-order valence-electron chi connectivity index (χ2n) is 13.2. The van der Waals surface area contributed by atoms with E-state index >= 15 is 0 Å². The third-order valence-electron chi connectivity index (χ3n) is 8.55. The zero-order valence-electron chi connectivity index (χ0n) is 26.9. The first-order valence-corrected chi connectivity index (χ1v) is 15.7. The Bertz CT molecular complexity index is 2210. The lowest BCUT2D eigenvalue weighted by Gasteiger charge is -2.18. The van der Waals surface area contributed by atoms with Crippen molar-refractivity contribution in [2.45, 2.75) is 47.5 Å². The fourth-order valence-corrected chi connectivity index (χ4v) is 6.27. The first-order chi connectivity index (χ1) is 22.1. The van der Waals surface area contributed by atoms with Crippen LogP contribution in [0.3, 0.4) is 0 Å². The zero-order valence-corrected chi connectivity index (χ0v) is 26.9. The summed E-state index contributed by atoms with van der Waals surface area (Å²) in [5.74, 6) is 1.91. The van der Waals surface area contributed by atoms with Gasteiger partial charge in [-0.3, -0.25) is 4.57 Å². The molecular weight excluding hydrogens is 571 g/mol. The summed E-state index contributed by atoms with van der Waals surface area (Å²) in [6.07, 6.45) is 3.89. The number of hydrogen-bond acceptors (Lipinski definition) is 3. The molecule has 0 spiro atoms. The molecule has 0 bridgehead atoms. The summed E-state index contributed by atoms with van der Waals surface area (Å²) in [5, 5.41) is 6.65. The monoisotopic (exact) mass is 608 g/mol. The van der Waals surface area contributed by atoms with E-state index in [1.165, 1.54) is 11.6 Å². The number of hydrogen-bond donors (Lipinski definition) is 0. The predicted octanol–water partition coefficient (Wildman–Crippen LogP) is 10.6. The van der Waals surface area contributed by atoms with Gasteiger partial charge in [0.2, 0.25) is 0 Å². The van der Waals surface area contributed by atoms with Crippen molar-refractivity contribution < 1.29 is 9.13 Å². The summed E-state index contributed by atoms with van der Waals surface area (Å²) in [6.45, 7) is 10.9. The largest absolute Gasteiger partial charge is 0.457 e. The Kier molecular flexibility index (Phi) is 7.44. The smallest absolute Gasteiger partial charge is 0.137 e. The molecule has 0 saturated carbocycles. The van der Waals surface area contributed by atoms with Crippen molar-refractivity contribution in [3.63, 3.8) is 0 Å². The molecule has 0 aliphatic rings. The zero-order chi connectivity index (χ0) is 32.0. The fraction of sp³-hybridized carbons (Fsp3) is 0.200. The van der Waals surface area contributed by atoms with Crippen molar-refractivity contribution in [1.29, 1.82) is 0 Å². The molecule has 3 heterocycles. The third-order valence-corrected chi connectivity index (χ3v) is 8.55.